The van der Waals surface area contributed by atoms with Crippen molar-refractivity contribution in [3.05, 3.63) is 0 Å². The number of aliphatic imine (C=N–C) groups is 1. The van der Waals surface area contributed by atoms with Crippen LogP contribution in [0.3, 0.4) is 0 Å². The Kier molecular flexibility index (Phi) is 3.89. The number of rotatable bonds is 4. The second kappa shape index (κ2) is 4.97. The first kappa shape index (κ1) is 10.2. The third-order valence-electron chi connectivity index (χ3n) is 1.78. The zero-order valence-electron chi connectivity index (χ0n) is 7.12. The molecule has 0 aromatic carbocycles. The van der Waals surface area contributed by atoms with Crippen LogP contribution in [0.1, 0.15) is 19.3 Å². The van der Waals surface area contributed by atoms with Crippen LogP contribution in [-0.4, -0.2) is 30.0 Å². The van der Waals surface area contributed by atoms with E-state index >= 15 is 0 Å². The molecule has 13 heavy (non-hydrogen) atoms. The van der Waals surface area contributed by atoms with Gasteiger partial charge in [0.05, 0.1) is 6.21 Å². The lowest BCUT2D eigenvalue weighted by molar-refractivity contribution is -0.128. The van der Waals surface area contributed by atoms with Crippen LogP contribution >= 0.6 is 11.6 Å². The van der Waals surface area contributed by atoms with Crippen LogP contribution in [0.4, 0.5) is 0 Å². The van der Waals surface area contributed by atoms with Crippen LogP contribution in [0.5, 0.6) is 0 Å². The SMILES string of the molecule is O=C1C=NC(CCCCCl)C(=O)N1. The molecule has 0 spiro atoms. The summed E-state index contributed by atoms with van der Waals surface area (Å²) >= 11 is 5.49. The van der Waals surface area contributed by atoms with Gasteiger partial charge in [-0.2, -0.15) is 0 Å². The van der Waals surface area contributed by atoms with E-state index in [1.54, 1.807) is 0 Å². The second-order valence-corrected chi connectivity index (χ2v) is 3.21. The van der Waals surface area contributed by atoms with Crippen LogP contribution in [-0.2, 0) is 9.59 Å². The molecule has 0 aromatic rings. The number of alkyl halides is 1. The molecule has 0 bridgehead atoms. The van der Waals surface area contributed by atoms with Crippen molar-refractivity contribution in [3.8, 4) is 0 Å². The van der Waals surface area contributed by atoms with Crippen LogP contribution in [0.15, 0.2) is 4.99 Å². The molecule has 1 aliphatic heterocycles. The highest BCUT2D eigenvalue weighted by Gasteiger charge is 2.21. The number of hydrogen-bond donors (Lipinski definition) is 1. The molecular formula is C8H11ClN2O2. The van der Waals surface area contributed by atoms with Crippen molar-refractivity contribution in [1.29, 1.82) is 0 Å². The molecule has 0 aliphatic carbocycles. The molecule has 0 saturated heterocycles. The highest BCUT2D eigenvalue weighted by Crippen LogP contribution is 2.07. The standard InChI is InChI=1S/C8H11ClN2O2/c9-4-2-1-3-6-8(13)11-7(12)5-10-6/h5-6H,1-4H2,(H,11,12,13). The highest BCUT2D eigenvalue weighted by atomic mass is 35.5. The predicted molar refractivity (Wildman–Crippen MR) is 50.0 cm³/mol. The maximum Gasteiger partial charge on any atom is 0.268 e. The summed E-state index contributed by atoms with van der Waals surface area (Å²) in [6, 6.07) is -0.402. The zero-order valence-corrected chi connectivity index (χ0v) is 7.88. The number of unbranched alkanes of at least 4 members (excludes halogenated alkanes) is 1. The Morgan fingerprint density at radius 2 is 2.23 bits per heavy atom. The van der Waals surface area contributed by atoms with E-state index in [-0.39, 0.29) is 5.91 Å². The largest absolute Gasteiger partial charge is 0.290 e. The van der Waals surface area contributed by atoms with E-state index in [0.29, 0.717) is 12.3 Å². The number of nitrogens with one attached hydrogen (secondary N) is 1. The van der Waals surface area contributed by atoms with Gasteiger partial charge in [0.25, 0.3) is 11.8 Å². The summed E-state index contributed by atoms with van der Waals surface area (Å²) in [5, 5.41) is 2.20. The third kappa shape index (κ3) is 3.14. The quantitative estimate of drug-likeness (QED) is 0.410. The fraction of sp³-hybridized carbons (Fsp3) is 0.625. The average molecular weight is 203 g/mol. The van der Waals surface area contributed by atoms with E-state index in [1.165, 1.54) is 0 Å². The normalized spacial score (nSPS) is 21.8. The summed E-state index contributed by atoms with van der Waals surface area (Å²) in [4.78, 5) is 25.6. The molecule has 1 atom stereocenters. The van der Waals surface area contributed by atoms with E-state index in [0.717, 1.165) is 19.1 Å². The van der Waals surface area contributed by atoms with Crippen LogP contribution in [0.2, 0.25) is 0 Å². The molecule has 0 radical (unpaired) electrons. The van der Waals surface area contributed by atoms with Gasteiger partial charge in [-0.25, -0.2) is 0 Å². The van der Waals surface area contributed by atoms with Crippen LogP contribution in [0, 0.1) is 0 Å². The van der Waals surface area contributed by atoms with Gasteiger partial charge in [-0.15, -0.1) is 11.6 Å². The fourth-order valence-corrected chi connectivity index (χ4v) is 1.29. The summed E-state index contributed by atoms with van der Waals surface area (Å²) in [5.74, 6) is -0.141. The monoisotopic (exact) mass is 202 g/mol. The van der Waals surface area contributed by atoms with Crippen LogP contribution < -0.4 is 5.32 Å². The lowest BCUT2D eigenvalue weighted by atomic mass is 10.1. The van der Waals surface area contributed by atoms with Gasteiger partial charge in [-0.1, -0.05) is 0 Å². The number of halogens is 1. The summed E-state index contributed by atoms with van der Waals surface area (Å²) in [7, 11) is 0. The Morgan fingerprint density at radius 3 is 2.85 bits per heavy atom. The van der Waals surface area contributed by atoms with Gasteiger partial charge in [-0.3, -0.25) is 19.9 Å². The summed E-state index contributed by atoms with van der Waals surface area (Å²) < 4.78 is 0. The topological polar surface area (TPSA) is 58.5 Å². The van der Waals surface area contributed by atoms with Crippen LogP contribution in [0.25, 0.3) is 0 Å². The molecule has 1 aliphatic rings. The third-order valence-corrected chi connectivity index (χ3v) is 2.05. The molecule has 0 aromatic heterocycles. The smallest absolute Gasteiger partial charge is 0.268 e. The minimum absolute atomic E-state index is 0.304. The number of hydrogen-bond acceptors (Lipinski definition) is 3. The van der Waals surface area contributed by atoms with Crippen molar-refractivity contribution in [3.63, 3.8) is 0 Å². The van der Waals surface area contributed by atoms with E-state index < -0.39 is 11.9 Å². The Balaban J connectivity index is 2.37. The molecule has 72 valence electrons. The Bertz CT molecular complexity index is 240. The molecule has 1 rings (SSSR count). The number of amides is 2. The second-order valence-electron chi connectivity index (χ2n) is 2.83. The molecule has 1 heterocycles. The first-order valence-electron chi connectivity index (χ1n) is 4.18. The van der Waals surface area contributed by atoms with E-state index in [2.05, 4.69) is 10.3 Å². The predicted octanol–water partition coefficient (Wildman–Crippen LogP) is 0.491. The highest BCUT2D eigenvalue weighted by molar-refractivity contribution is 6.32. The summed E-state index contributed by atoms with van der Waals surface area (Å²) in [6.45, 7) is 0. The first-order chi connectivity index (χ1) is 6.24. The van der Waals surface area contributed by atoms with Crippen molar-refractivity contribution in [2.45, 2.75) is 25.3 Å². The number of imide groups is 1. The minimum Gasteiger partial charge on any atom is -0.290 e. The fourth-order valence-electron chi connectivity index (χ4n) is 1.10. The number of carbonyl (C=O) groups is 2. The van der Waals surface area contributed by atoms with Gasteiger partial charge in [0, 0.05) is 5.88 Å². The van der Waals surface area contributed by atoms with E-state index in [1.807, 2.05) is 0 Å². The van der Waals surface area contributed by atoms with E-state index in [9.17, 15) is 9.59 Å². The van der Waals surface area contributed by atoms with Crippen molar-refractivity contribution in [2.75, 3.05) is 5.88 Å². The average Bonchev–Trinajstić information content (AvgIpc) is 2.09. The van der Waals surface area contributed by atoms with Gasteiger partial charge in [0.15, 0.2) is 0 Å². The molecule has 5 heteroatoms. The molecule has 1 N–H and O–H groups in total. The summed E-state index contributed by atoms with van der Waals surface area (Å²) in [5.41, 5.74) is 0. The van der Waals surface area contributed by atoms with Crippen molar-refractivity contribution >= 4 is 29.6 Å². The van der Waals surface area contributed by atoms with E-state index in [4.69, 9.17) is 11.6 Å². The van der Waals surface area contributed by atoms with Gasteiger partial charge >= 0.3 is 0 Å². The number of nitrogens with zero attached hydrogens (tertiary/aromatic N) is 1. The Hall–Kier alpha value is -0.900. The molecule has 1 unspecified atom stereocenters. The van der Waals surface area contributed by atoms with Crippen molar-refractivity contribution in [1.82, 2.24) is 5.32 Å². The Labute approximate surface area is 81.4 Å². The first-order valence-corrected chi connectivity index (χ1v) is 4.71. The zero-order chi connectivity index (χ0) is 9.68. The maximum atomic E-state index is 11.1. The van der Waals surface area contributed by atoms with Gasteiger partial charge in [-0.05, 0) is 19.3 Å². The van der Waals surface area contributed by atoms with Gasteiger partial charge in [0.2, 0.25) is 0 Å². The lowest BCUT2D eigenvalue weighted by Crippen LogP contribution is -2.42. The summed E-state index contributed by atoms with van der Waals surface area (Å²) in [6.07, 6.45) is 3.54. The maximum absolute atomic E-state index is 11.1. The molecule has 4 nitrogen and oxygen atoms in total. The Morgan fingerprint density at radius 1 is 1.46 bits per heavy atom. The lowest BCUT2D eigenvalue weighted by Gasteiger charge is -2.14. The van der Waals surface area contributed by atoms with Gasteiger partial charge in [0.1, 0.15) is 6.04 Å². The van der Waals surface area contributed by atoms with Gasteiger partial charge < -0.3 is 0 Å². The molecule has 0 saturated carbocycles. The minimum atomic E-state index is -0.432. The van der Waals surface area contributed by atoms with Crippen molar-refractivity contribution < 1.29 is 9.59 Å². The molecule has 0 fully saturated rings. The molecule has 2 amide bonds. The molecular weight excluding hydrogens is 192 g/mol. The van der Waals surface area contributed by atoms with Crippen molar-refractivity contribution in [2.24, 2.45) is 4.99 Å². The number of carbonyl (C=O) groups excluding carboxylic acids is 2.